The number of hydrogen-bond donors (Lipinski definition) is 1. The molecule has 0 aliphatic rings. The van der Waals surface area contributed by atoms with E-state index in [0.29, 0.717) is 43.3 Å². The SMILES string of the molecule is COc1ccc2c(-c3ccccc3)c(C(=O)NCCCOCc3ccco3)oc2c1. The fourth-order valence-corrected chi connectivity index (χ4v) is 3.28. The van der Waals surface area contributed by atoms with E-state index in [9.17, 15) is 4.79 Å². The summed E-state index contributed by atoms with van der Waals surface area (Å²) in [6.07, 6.45) is 2.30. The highest BCUT2D eigenvalue weighted by atomic mass is 16.5. The zero-order valence-electron chi connectivity index (χ0n) is 16.7. The molecule has 1 amide bonds. The summed E-state index contributed by atoms with van der Waals surface area (Å²) in [7, 11) is 1.60. The first-order chi connectivity index (χ1) is 14.8. The molecule has 6 nitrogen and oxygen atoms in total. The fourth-order valence-electron chi connectivity index (χ4n) is 3.28. The number of rotatable bonds is 9. The van der Waals surface area contributed by atoms with Crippen LogP contribution in [0, 0.1) is 0 Å². The molecule has 0 saturated carbocycles. The van der Waals surface area contributed by atoms with Gasteiger partial charge in [-0.2, -0.15) is 0 Å². The van der Waals surface area contributed by atoms with Crippen molar-refractivity contribution in [2.24, 2.45) is 0 Å². The van der Waals surface area contributed by atoms with Crippen molar-refractivity contribution >= 4 is 16.9 Å². The lowest BCUT2D eigenvalue weighted by Crippen LogP contribution is -2.25. The van der Waals surface area contributed by atoms with Crippen LogP contribution >= 0.6 is 0 Å². The number of carbonyl (C=O) groups excluding carboxylic acids is 1. The van der Waals surface area contributed by atoms with E-state index in [1.54, 1.807) is 19.4 Å². The Morgan fingerprint density at radius 2 is 1.93 bits per heavy atom. The van der Waals surface area contributed by atoms with E-state index in [-0.39, 0.29) is 5.91 Å². The Morgan fingerprint density at radius 3 is 2.70 bits per heavy atom. The Bertz CT molecular complexity index is 1100. The first-order valence-corrected chi connectivity index (χ1v) is 9.80. The zero-order valence-corrected chi connectivity index (χ0v) is 16.7. The van der Waals surface area contributed by atoms with Crippen LogP contribution in [0.2, 0.25) is 0 Å². The van der Waals surface area contributed by atoms with Crippen LogP contribution in [0.15, 0.2) is 75.8 Å². The van der Waals surface area contributed by atoms with E-state index >= 15 is 0 Å². The van der Waals surface area contributed by atoms with Crippen molar-refractivity contribution in [3.8, 4) is 16.9 Å². The molecule has 0 atom stereocenters. The minimum atomic E-state index is -0.255. The second kappa shape index (κ2) is 9.33. The Balaban J connectivity index is 1.46. The van der Waals surface area contributed by atoms with E-state index in [1.165, 1.54) is 0 Å². The Hall–Kier alpha value is -3.51. The van der Waals surface area contributed by atoms with Crippen molar-refractivity contribution in [1.82, 2.24) is 5.32 Å². The first-order valence-electron chi connectivity index (χ1n) is 9.80. The van der Waals surface area contributed by atoms with Gasteiger partial charge in [-0.05, 0) is 36.2 Å². The number of ether oxygens (including phenoxy) is 2. The number of benzene rings is 2. The smallest absolute Gasteiger partial charge is 0.287 e. The maximum atomic E-state index is 12.9. The van der Waals surface area contributed by atoms with Crippen LogP contribution in [0.5, 0.6) is 5.75 Å². The maximum Gasteiger partial charge on any atom is 0.287 e. The highest BCUT2D eigenvalue weighted by molar-refractivity contribution is 6.08. The third kappa shape index (κ3) is 4.39. The number of methoxy groups -OCH3 is 1. The first kappa shape index (κ1) is 19.8. The largest absolute Gasteiger partial charge is 0.497 e. The number of carbonyl (C=O) groups is 1. The van der Waals surface area contributed by atoms with Crippen LogP contribution in [-0.4, -0.2) is 26.2 Å². The van der Waals surface area contributed by atoms with Gasteiger partial charge in [0, 0.05) is 30.2 Å². The third-order valence-electron chi connectivity index (χ3n) is 4.74. The predicted molar refractivity (Wildman–Crippen MR) is 114 cm³/mol. The van der Waals surface area contributed by atoms with Crippen LogP contribution in [0.3, 0.4) is 0 Å². The summed E-state index contributed by atoms with van der Waals surface area (Å²) in [5.41, 5.74) is 2.31. The van der Waals surface area contributed by atoms with Gasteiger partial charge in [-0.15, -0.1) is 0 Å². The van der Waals surface area contributed by atoms with Crippen LogP contribution in [0.4, 0.5) is 0 Å². The lowest BCUT2D eigenvalue weighted by Gasteiger charge is -2.06. The van der Waals surface area contributed by atoms with Crippen LogP contribution < -0.4 is 10.1 Å². The number of amides is 1. The molecule has 0 aliphatic heterocycles. The third-order valence-corrected chi connectivity index (χ3v) is 4.74. The van der Waals surface area contributed by atoms with Crippen LogP contribution in [0.1, 0.15) is 22.7 Å². The van der Waals surface area contributed by atoms with Gasteiger partial charge in [-0.25, -0.2) is 0 Å². The Labute approximate surface area is 174 Å². The molecule has 0 fully saturated rings. The van der Waals surface area contributed by atoms with Crippen molar-refractivity contribution in [2.45, 2.75) is 13.0 Å². The summed E-state index contributed by atoms with van der Waals surface area (Å²) < 4.78 is 22.0. The molecule has 0 unspecified atom stereocenters. The molecule has 0 spiro atoms. The minimum Gasteiger partial charge on any atom is -0.497 e. The summed E-state index contributed by atoms with van der Waals surface area (Å²) in [5.74, 6) is 1.50. The van der Waals surface area contributed by atoms with Crippen molar-refractivity contribution in [2.75, 3.05) is 20.3 Å². The standard InChI is InChI=1S/C24H23NO5/c1-27-18-10-11-20-21(15-18)30-23(22(20)17-7-3-2-4-8-17)24(26)25-12-6-13-28-16-19-9-5-14-29-19/h2-5,7-11,14-15H,6,12-13,16H2,1H3,(H,25,26). The normalized spacial score (nSPS) is 11.0. The summed E-state index contributed by atoms with van der Waals surface area (Å²) >= 11 is 0. The highest BCUT2D eigenvalue weighted by Crippen LogP contribution is 2.36. The van der Waals surface area contributed by atoms with Gasteiger partial charge >= 0.3 is 0 Å². The molecular formula is C24H23NO5. The van der Waals surface area contributed by atoms with Crippen molar-refractivity contribution in [3.63, 3.8) is 0 Å². The Kier molecular flexibility index (Phi) is 6.15. The number of hydrogen-bond acceptors (Lipinski definition) is 5. The van der Waals surface area contributed by atoms with E-state index in [2.05, 4.69) is 5.32 Å². The van der Waals surface area contributed by atoms with E-state index in [1.807, 2.05) is 54.6 Å². The molecular weight excluding hydrogens is 382 g/mol. The van der Waals surface area contributed by atoms with Crippen molar-refractivity contribution in [1.29, 1.82) is 0 Å². The van der Waals surface area contributed by atoms with Gasteiger partial charge in [0.05, 0.1) is 13.4 Å². The average Bonchev–Trinajstić information content (AvgIpc) is 3.43. The van der Waals surface area contributed by atoms with Gasteiger partial charge in [0.15, 0.2) is 0 Å². The van der Waals surface area contributed by atoms with Gasteiger partial charge < -0.3 is 23.6 Å². The second-order valence-corrected chi connectivity index (χ2v) is 6.78. The monoisotopic (exact) mass is 405 g/mol. The molecule has 6 heteroatoms. The molecule has 2 aromatic carbocycles. The molecule has 2 aromatic heterocycles. The number of furan rings is 2. The second-order valence-electron chi connectivity index (χ2n) is 6.78. The van der Waals surface area contributed by atoms with Gasteiger partial charge in [-0.1, -0.05) is 30.3 Å². The van der Waals surface area contributed by atoms with Crippen LogP contribution in [-0.2, 0) is 11.3 Å². The topological polar surface area (TPSA) is 73.8 Å². The van der Waals surface area contributed by atoms with Gasteiger partial charge in [0.2, 0.25) is 5.76 Å². The van der Waals surface area contributed by atoms with Crippen molar-refractivity contribution < 1.29 is 23.1 Å². The van der Waals surface area contributed by atoms with Gasteiger partial charge in [-0.3, -0.25) is 4.79 Å². The molecule has 1 N–H and O–H groups in total. The quantitative estimate of drug-likeness (QED) is 0.395. The molecule has 0 aliphatic carbocycles. The predicted octanol–water partition coefficient (Wildman–Crippen LogP) is 5.04. The number of nitrogens with one attached hydrogen (secondary N) is 1. The molecule has 4 aromatic rings. The molecule has 4 rings (SSSR count). The van der Waals surface area contributed by atoms with Crippen LogP contribution in [0.25, 0.3) is 22.1 Å². The summed E-state index contributed by atoms with van der Waals surface area (Å²) in [6, 6.07) is 19.0. The fraction of sp³-hybridized carbons (Fsp3) is 0.208. The molecule has 0 radical (unpaired) electrons. The average molecular weight is 405 g/mol. The molecule has 154 valence electrons. The van der Waals surface area contributed by atoms with E-state index in [0.717, 1.165) is 22.3 Å². The lowest BCUT2D eigenvalue weighted by molar-refractivity contribution is 0.0896. The van der Waals surface area contributed by atoms with Gasteiger partial charge in [0.1, 0.15) is 23.7 Å². The maximum absolute atomic E-state index is 12.9. The van der Waals surface area contributed by atoms with E-state index in [4.69, 9.17) is 18.3 Å². The summed E-state index contributed by atoms with van der Waals surface area (Å²) in [4.78, 5) is 12.9. The summed E-state index contributed by atoms with van der Waals surface area (Å²) in [5, 5.41) is 3.79. The highest BCUT2D eigenvalue weighted by Gasteiger charge is 2.22. The minimum absolute atomic E-state index is 0.255. The zero-order chi connectivity index (χ0) is 20.8. The number of fused-ring (bicyclic) bond motifs is 1. The summed E-state index contributed by atoms with van der Waals surface area (Å²) in [6.45, 7) is 1.42. The molecule has 0 bridgehead atoms. The lowest BCUT2D eigenvalue weighted by atomic mass is 10.0. The van der Waals surface area contributed by atoms with Gasteiger partial charge in [0.25, 0.3) is 5.91 Å². The van der Waals surface area contributed by atoms with E-state index < -0.39 is 0 Å². The molecule has 0 saturated heterocycles. The Morgan fingerprint density at radius 1 is 1.07 bits per heavy atom. The molecule has 2 heterocycles. The molecule has 30 heavy (non-hydrogen) atoms. The van der Waals surface area contributed by atoms with Crippen molar-refractivity contribution in [3.05, 3.63) is 78.4 Å².